The van der Waals surface area contributed by atoms with E-state index in [-0.39, 0.29) is 10.8 Å². The number of hydrogen-bond donors (Lipinski definition) is 1. The van der Waals surface area contributed by atoms with E-state index in [9.17, 15) is 13.2 Å². The molecule has 0 bridgehead atoms. The van der Waals surface area contributed by atoms with Crippen molar-refractivity contribution in [2.75, 3.05) is 17.8 Å². The molecule has 7 heteroatoms. The number of rotatable bonds is 4. The third-order valence-corrected chi connectivity index (χ3v) is 6.21. The van der Waals surface area contributed by atoms with Crippen LogP contribution in [0.5, 0.6) is 0 Å². The number of piperidine rings is 1. The van der Waals surface area contributed by atoms with Crippen LogP contribution in [0.2, 0.25) is 5.02 Å². The Hall–Kier alpha value is -2.05. The van der Waals surface area contributed by atoms with Crippen LogP contribution in [-0.4, -0.2) is 32.3 Å². The van der Waals surface area contributed by atoms with Crippen molar-refractivity contribution >= 4 is 33.2 Å². The number of anilines is 1. The van der Waals surface area contributed by atoms with Crippen molar-refractivity contribution in [2.24, 2.45) is 5.92 Å². The monoisotopic (exact) mass is 392 g/mol. The average molecular weight is 393 g/mol. The van der Waals surface area contributed by atoms with E-state index in [0.29, 0.717) is 22.2 Å². The van der Waals surface area contributed by atoms with Gasteiger partial charge in [0.2, 0.25) is 0 Å². The standard InChI is InChI=1S/C19H21ClN2O3S/c1-14-9-11-22(12-10-14)19(23)15-3-2-4-17(13-15)21-26(24,25)18-7-5-16(20)6-8-18/h2-8,13-14,21H,9-12H2,1H3. The lowest BCUT2D eigenvalue weighted by molar-refractivity contribution is 0.0697. The van der Waals surface area contributed by atoms with Crippen molar-refractivity contribution in [3.8, 4) is 0 Å². The topological polar surface area (TPSA) is 66.5 Å². The first-order valence-electron chi connectivity index (χ1n) is 8.53. The Balaban J connectivity index is 1.77. The van der Waals surface area contributed by atoms with Crippen molar-refractivity contribution in [2.45, 2.75) is 24.7 Å². The molecule has 1 N–H and O–H groups in total. The second-order valence-corrected chi connectivity index (χ2v) is 8.73. The number of hydrogen-bond acceptors (Lipinski definition) is 3. The lowest BCUT2D eigenvalue weighted by Gasteiger charge is -2.30. The molecule has 0 spiro atoms. The number of nitrogens with zero attached hydrogens (tertiary/aromatic N) is 1. The summed E-state index contributed by atoms with van der Waals surface area (Å²) in [5.74, 6) is 0.570. The molecule has 1 saturated heterocycles. The zero-order valence-corrected chi connectivity index (χ0v) is 16.1. The van der Waals surface area contributed by atoms with E-state index in [1.165, 1.54) is 24.3 Å². The predicted molar refractivity (Wildman–Crippen MR) is 103 cm³/mol. The summed E-state index contributed by atoms with van der Waals surface area (Å²) in [6, 6.07) is 12.5. The number of amides is 1. The maximum absolute atomic E-state index is 12.7. The molecule has 0 radical (unpaired) electrons. The SMILES string of the molecule is CC1CCN(C(=O)c2cccc(NS(=O)(=O)c3ccc(Cl)cc3)c2)CC1. The molecular formula is C19H21ClN2O3S. The summed E-state index contributed by atoms with van der Waals surface area (Å²) < 4.78 is 27.5. The molecule has 1 heterocycles. The molecule has 26 heavy (non-hydrogen) atoms. The van der Waals surface area contributed by atoms with Gasteiger partial charge in [-0.1, -0.05) is 24.6 Å². The van der Waals surface area contributed by atoms with E-state index in [4.69, 9.17) is 11.6 Å². The van der Waals surface area contributed by atoms with Crippen LogP contribution in [0.1, 0.15) is 30.1 Å². The summed E-state index contributed by atoms with van der Waals surface area (Å²) in [6.45, 7) is 3.66. The zero-order valence-electron chi connectivity index (χ0n) is 14.5. The van der Waals surface area contributed by atoms with Crippen LogP contribution in [0.4, 0.5) is 5.69 Å². The van der Waals surface area contributed by atoms with Gasteiger partial charge in [0.25, 0.3) is 15.9 Å². The van der Waals surface area contributed by atoms with Gasteiger partial charge in [0.15, 0.2) is 0 Å². The van der Waals surface area contributed by atoms with Crippen LogP contribution in [-0.2, 0) is 10.0 Å². The molecule has 0 aliphatic carbocycles. The number of sulfonamides is 1. The van der Waals surface area contributed by atoms with Gasteiger partial charge in [-0.05, 0) is 61.2 Å². The molecule has 0 unspecified atom stereocenters. The van der Waals surface area contributed by atoms with Crippen molar-refractivity contribution in [1.82, 2.24) is 4.90 Å². The summed E-state index contributed by atoms with van der Waals surface area (Å²) >= 11 is 5.80. The zero-order chi connectivity index (χ0) is 18.7. The van der Waals surface area contributed by atoms with Crippen LogP contribution < -0.4 is 4.72 Å². The molecule has 1 fully saturated rings. The second kappa shape index (κ2) is 7.68. The number of nitrogens with one attached hydrogen (secondary N) is 1. The minimum absolute atomic E-state index is 0.0653. The molecule has 0 atom stereocenters. The third-order valence-electron chi connectivity index (χ3n) is 4.56. The van der Waals surface area contributed by atoms with Crippen LogP contribution in [0.25, 0.3) is 0 Å². The Morgan fingerprint density at radius 3 is 2.42 bits per heavy atom. The molecular weight excluding hydrogens is 372 g/mol. The lowest BCUT2D eigenvalue weighted by atomic mass is 9.98. The summed E-state index contributed by atoms with van der Waals surface area (Å²) in [4.78, 5) is 14.6. The molecule has 5 nitrogen and oxygen atoms in total. The molecule has 0 saturated carbocycles. The Bertz CT molecular complexity index is 889. The number of benzene rings is 2. The van der Waals surface area contributed by atoms with E-state index in [1.807, 2.05) is 4.90 Å². The summed E-state index contributed by atoms with van der Waals surface area (Å²) in [7, 11) is -3.74. The van der Waals surface area contributed by atoms with Gasteiger partial charge in [0, 0.05) is 29.4 Å². The van der Waals surface area contributed by atoms with Crippen LogP contribution >= 0.6 is 11.6 Å². The highest BCUT2D eigenvalue weighted by Gasteiger charge is 2.22. The first kappa shape index (κ1) is 18.7. The van der Waals surface area contributed by atoms with Crippen molar-refractivity contribution in [3.05, 3.63) is 59.1 Å². The van der Waals surface area contributed by atoms with Gasteiger partial charge < -0.3 is 4.90 Å². The number of halogens is 1. The van der Waals surface area contributed by atoms with Gasteiger partial charge in [-0.15, -0.1) is 0 Å². The Morgan fingerprint density at radius 2 is 1.77 bits per heavy atom. The quantitative estimate of drug-likeness (QED) is 0.854. The van der Waals surface area contributed by atoms with E-state index in [1.54, 1.807) is 24.3 Å². The fraction of sp³-hybridized carbons (Fsp3) is 0.316. The molecule has 0 aromatic heterocycles. The van der Waals surface area contributed by atoms with Gasteiger partial charge in [-0.25, -0.2) is 8.42 Å². The minimum Gasteiger partial charge on any atom is -0.339 e. The number of carbonyl (C=O) groups excluding carboxylic acids is 1. The fourth-order valence-electron chi connectivity index (χ4n) is 2.94. The van der Waals surface area contributed by atoms with E-state index < -0.39 is 10.0 Å². The van der Waals surface area contributed by atoms with E-state index >= 15 is 0 Å². The predicted octanol–water partition coefficient (Wildman–Crippen LogP) is 4.01. The van der Waals surface area contributed by atoms with Gasteiger partial charge >= 0.3 is 0 Å². The minimum atomic E-state index is -3.74. The van der Waals surface area contributed by atoms with Gasteiger partial charge in [0.1, 0.15) is 0 Å². The molecule has 138 valence electrons. The smallest absolute Gasteiger partial charge is 0.261 e. The van der Waals surface area contributed by atoms with Crippen LogP contribution in [0.15, 0.2) is 53.4 Å². The van der Waals surface area contributed by atoms with Gasteiger partial charge in [-0.3, -0.25) is 9.52 Å². The average Bonchev–Trinajstić information content (AvgIpc) is 2.62. The molecule has 2 aromatic carbocycles. The number of carbonyl (C=O) groups is 1. The largest absolute Gasteiger partial charge is 0.339 e. The third kappa shape index (κ3) is 4.37. The molecule has 2 aromatic rings. The first-order chi connectivity index (χ1) is 12.3. The first-order valence-corrected chi connectivity index (χ1v) is 10.4. The summed E-state index contributed by atoms with van der Waals surface area (Å²) in [5, 5.41) is 0.465. The lowest BCUT2D eigenvalue weighted by Crippen LogP contribution is -2.37. The highest BCUT2D eigenvalue weighted by molar-refractivity contribution is 7.92. The van der Waals surface area contributed by atoms with E-state index in [2.05, 4.69) is 11.6 Å². The summed E-state index contributed by atoms with van der Waals surface area (Å²) in [6.07, 6.45) is 1.99. The molecule has 1 aliphatic heterocycles. The Morgan fingerprint density at radius 1 is 1.12 bits per heavy atom. The maximum Gasteiger partial charge on any atom is 0.261 e. The highest BCUT2D eigenvalue weighted by atomic mass is 35.5. The van der Waals surface area contributed by atoms with Gasteiger partial charge in [0.05, 0.1) is 4.90 Å². The molecule has 3 rings (SSSR count). The summed E-state index contributed by atoms with van der Waals surface area (Å²) in [5.41, 5.74) is 0.840. The normalized spacial score (nSPS) is 15.7. The van der Waals surface area contributed by atoms with Crippen LogP contribution in [0, 0.1) is 5.92 Å². The van der Waals surface area contributed by atoms with Crippen molar-refractivity contribution < 1.29 is 13.2 Å². The van der Waals surface area contributed by atoms with Crippen LogP contribution in [0.3, 0.4) is 0 Å². The van der Waals surface area contributed by atoms with Gasteiger partial charge in [-0.2, -0.15) is 0 Å². The van der Waals surface area contributed by atoms with E-state index in [0.717, 1.165) is 25.9 Å². The van der Waals surface area contributed by atoms with Crippen molar-refractivity contribution in [3.63, 3.8) is 0 Å². The van der Waals surface area contributed by atoms with Crippen molar-refractivity contribution in [1.29, 1.82) is 0 Å². The molecule has 1 aliphatic rings. The molecule has 1 amide bonds. The Labute approximate surface area is 159 Å². The Kier molecular flexibility index (Phi) is 5.53. The highest BCUT2D eigenvalue weighted by Crippen LogP contribution is 2.22. The maximum atomic E-state index is 12.7. The number of likely N-dealkylation sites (tertiary alicyclic amines) is 1. The second-order valence-electron chi connectivity index (χ2n) is 6.61. The fourth-order valence-corrected chi connectivity index (χ4v) is 4.11.